The SMILES string of the molecule is CC1(C)C(c2nc(Cl)ns2)C1(C)C. The molecule has 1 heterocycles. The van der Waals surface area contributed by atoms with Crippen LogP contribution in [0.2, 0.25) is 5.28 Å². The van der Waals surface area contributed by atoms with Crippen molar-refractivity contribution in [3.63, 3.8) is 0 Å². The van der Waals surface area contributed by atoms with E-state index in [2.05, 4.69) is 37.1 Å². The average molecular weight is 217 g/mol. The van der Waals surface area contributed by atoms with Gasteiger partial charge in [0.25, 0.3) is 0 Å². The van der Waals surface area contributed by atoms with Gasteiger partial charge in [-0.2, -0.15) is 4.37 Å². The highest BCUT2D eigenvalue weighted by molar-refractivity contribution is 7.05. The Morgan fingerprint density at radius 3 is 2.08 bits per heavy atom. The second-order valence-corrected chi connectivity index (χ2v) is 5.90. The van der Waals surface area contributed by atoms with Crippen LogP contribution in [0.25, 0.3) is 0 Å². The molecule has 0 N–H and O–H groups in total. The van der Waals surface area contributed by atoms with Crippen molar-refractivity contribution in [3.05, 3.63) is 10.3 Å². The maximum Gasteiger partial charge on any atom is 0.234 e. The molecule has 1 aliphatic rings. The minimum absolute atomic E-state index is 0.329. The van der Waals surface area contributed by atoms with E-state index in [4.69, 9.17) is 11.6 Å². The van der Waals surface area contributed by atoms with E-state index in [-0.39, 0.29) is 0 Å². The van der Waals surface area contributed by atoms with Gasteiger partial charge in [0.2, 0.25) is 5.28 Å². The summed E-state index contributed by atoms with van der Waals surface area (Å²) in [5.41, 5.74) is 0.658. The molecule has 1 fully saturated rings. The first-order chi connectivity index (χ1) is 5.87. The maximum absolute atomic E-state index is 5.71. The summed E-state index contributed by atoms with van der Waals surface area (Å²) >= 11 is 7.14. The van der Waals surface area contributed by atoms with Crippen LogP contribution in [0.5, 0.6) is 0 Å². The first-order valence-electron chi connectivity index (χ1n) is 4.36. The van der Waals surface area contributed by atoms with Gasteiger partial charge in [0, 0.05) is 5.92 Å². The minimum Gasteiger partial charge on any atom is -0.209 e. The third-order valence-electron chi connectivity index (χ3n) is 3.68. The number of aromatic nitrogens is 2. The molecule has 1 aromatic heterocycles. The Labute approximate surface area is 87.5 Å². The zero-order chi connectivity index (χ0) is 9.85. The molecule has 4 heteroatoms. The van der Waals surface area contributed by atoms with Crippen molar-refractivity contribution >= 4 is 23.1 Å². The van der Waals surface area contributed by atoms with Crippen molar-refractivity contribution in [2.75, 3.05) is 0 Å². The third-order valence-corrected chi connectivity index (χ3v) is 4.73. The van der Waals surface area contributed by atoms with Crippen LogP contribution < -0.4 is 0 Å². The zero-order valence-electron chi connectivity index (χ0n) is 8.26. The molecule has 0 unspecified atom stereocenters. The Bertz CT molecular complexity index is 329. The van der Waals surface area contributed by atoms with Gasteiger partial charge in [-0.1, -0.05) is 27.7 Å². The molecule has 72 valence electrons. The fourth-order valence-electron chi connectivity index (χ4n) is 2.15. The van der Waals surface area contributed by atoms with E-state index >= 15 is 0 Å². The van der Waals surface area contributed by atoms with Crippen LogP contribution in [0.15, 0.2) is 0 Å². The van der Waals surface area contributed by atoms with Gasteiger partial charge in [-0.25, -0.2) is 4.98 Å². The molecule has 0 spiro atoms. The number of hydrogen-bond donors (Lipinski definition) is 0. The van der Waals surface area contributed by atoms with E-state index in [9.17, 15) is 0 Å². The molecule has 0 aromatic carbocycles. The summed E-state index contributed by atoms with van der Waals surface area (Å²) in [5, 5.41) is 1.47. The standard InChI is InChI=1S/C9H13ClN2S/c1-8(2)5(9(8,3)4)6-11-7(10)12-13-6/h5H,1-4H3. The molecule has 0 radical (unpaired) electrons. The number of halogens is 1. The van der Waals surface area contributed by atoms with Gasteiger partial charge in [0.1, 0.15) is 5.01 Å². The van der Waals surface area contributed by atoms with Crippen LogP contribution in [0.3, 0.4) is 0 Å². The first-order valence-corrected chi connectivity index (χ1v) is 5.51. The summed E-state index contributed by atoms with van der Waals surface area (Å²) in [6, 6.07) is 0. The second kappa shape index (κ2) is 2.45. The van der Waals surface area contributed by atoms with Crippen LogP contribution in [0, 0.1) is 10.8 Å². The largest absolute Gasteiger partial charge is 0.234 e. The summed E-state index contributed by atoms with van der Waals surface area (Å²) in [7, 11) is 0. The van der Waals surface area contributed by atoms with E-state index < -0.39 is 0 Å². The average Bonchev–Trinajstić information content (AvgIpc) is 2.32. The van der Waals surface area contributed by atoms with Crippen molar-refractivity contribution in [3.8, 4) is 0 Å². The number of rotatable bonds is 1. The van der Waals surface area contributed by atoms with Gasteiger partial charge in [-0.05, 0) is 34.0 Å². The minimum atomic E-state index is 0.329. The van der Waals surface area contributed by atoms with Crippen LogP contribution in [0.1, 0.15) is 38.6 Å². The third kappa shape index (κ3) is 1.13. The molecule has 2 rings (SSSR count). The van der Waals surface area contributed by atoms with E-state index in [1.807, 2.05) is 0 Å². The molecule has 0 amide bonds. The van der Waals surface area contributed by atoms with Crippen molar-refractivity contribution in [2.24, 2.45) is 10.8 Å². The van der Waals surface area contributed by atoms with Crippen LogP contribution in [0.4, 0.5) is 0 Å². The fraction of sp³-hybridized carbons (Fsp3) is 0.778. The van der Waals surface area contributed by atoms with Crippen molar-refractivity contribution in [1.82, 2.24) is 9.36 Å². The molecule has 0 bridgehead atoms. The fourth-order valence-corrected chi connectivity index (χ4v) is 3.42. The van der Waals surface area contributed by atoms with Crippen molar-refractivity contribution < 1.29 is 0 Å². The Morgan fingerprint density at radius 1 is 1.23 bits per heavy atom. The lowest BCUT2D eigenvalue weighted by Gasteiger charge is -2.03. The highest BCUT2D eigenvalue weighted by atomic mass is 35.5. The molecule has 0 atom stereocenters. The lowest BCUT2D eigenvalue weighted by atomic mass is 10.0. The Morgan fingerprint density at radius 2 is 1.77 bits per heavy atom. The summed E-state index contributed by atoms with van der Waals surface area (Å²) in [4.78, 5) is 4.24. The highest BCUT2D eigenvalue weighted by Crippen LogP contribution is 2.73. The molecule has 13 heavy (non-hydrogen) atoms. The first kappa shape index (κ1) is 9.41. The van der Waals surface area contributed by atoms with Crippen LogP contribution in [-0.2, 0) is 0 Å². The van der Waals surface area contributed by atoms with E-state index in [1.54, 1.807) is 0 Å². The van der Waals surface area contributed by atoms with E-state index in [0.29, 0.717) is 22.0 Å². The predicted octanol–water partition coefficient (Wildman–Crippen LogP) is 3.34. The highest BCUT2D eigenvalue weighted by Gasteiger charge is 2.66. The summed E-state index contributed by atoms with van der Waals surface area (Å²) in [5.74, 6) is 0.519. The molecule has 1 aromatic rings. The Hall–Kier alpha value is -0.150. The maximum atomic E-state index is 5.71. The summed E-state index contributed by atoms with van der Waals surface area (Å²) < 4.78 is 4.00. The number of hydrogen-bond acceptors (Lipinski definition) is 3. The zero-order valence-corrected chi connectivity index (χ0v) is 9.83. The molecular weight excluding hydrogens is 204 g/mol. The molecule has 0 saturated heterocycles. The Kier molecular flexibility index (Phi) is 1.77. The van der Waals surface area contributed by atoms with Gasteiger partial charge < -0.3 is 0 Å². The van der Waals surface area contributed by atoms with Gasteiger partial charge in [-0.3, -0.25) is 0 Å². The molecule has 1 aliphatic carbocycles. The molecule has 2 nitrogen and oxygen atoms in total. The van der Waals surface area contributed by atoms with Crippen molar-refractivity contribution in [1.29, 1.82) is 0 Å². The smallest absolute Gasteiger partial charge is 0.209 e. The van der Waals surface area contributed by atoms with Gasteiger partial charge in [0.05, 0.1) is 0 Å². The van der Waals surface area contributed by atoms with E-state index in [1.165, 1.54) is 11.5 Å². The van der Waals surface area contributed by atoms with Crippen LogP contribution >= 0.6 is 23.1 Å². The van der Waals surface area contributed by atoms with E-state index in [0.717, 1.165) is 5.01 Å². The van der Waals surface area contributed by atoms with Crippen molar-refractivity contribution in [2.45, 2.75) is 33.6 Å². The molecule has 0 aliphatic heterocycles. The molecular formula is C9H13ClN2S. The normalized spacial score (nSPS) is 24.7. The Balaban J connectivity index is 2.32. The monoisotopic (exact) mass is 216 g/mol. The summed E-state index contributed by atoms with van der Waals surface area (Å²) in [6.45, 7) is 9.08. The van der Waals surface area contributed by atoms with Gasteiger partial charge in [0.15, 0.2) is 0 Å². The van der Waals surface area contributed by atoms with Gasteiger partial charge in [-0.15, -0.1) is 0 Å². The lowest BCUT2D eigenvalue weighted by molar-refractivity contribution is 0.457. The predicted molar refractivity (Wildman–Crippen MR) is 55.2 cm³/mol. The lowest BCUT2D eigenvalue weighted by Crippen LogP contribution is -1.95. The van der Waals surface area contributed by atoms with Crippen LogP contribution in [-0.4, -0.2) is 9.36 Å². The quantitative estimate of drug-likeness (QED) is 0.720. The topological polar surface area (TPSA) is 25.8 Å². The molecule has 1 saturated carbocycles. The van der Waals surface area contributed by atoms with Gasteiger partial charge >= 0.3 is 0 Å². The second-order valence-electron chi connectivity index (χ2n) is 4.78. The number of nitrogens with zero attached hydrogens (tertiary/aromatic N) is 2. The summed E-state index contributed by atoms with van der Waals surface area (Å²) in [6.07, 6.45) is 0.